The minimum absolute atomic E-state index is 0.0108. The van der Waals surface area contributed by atoms with Crippen LogP contribution in [-0.2, 0) is 9.63 Å². The molecule has 2 aliphatic heterocycles. The molecule has 31 heavy (non-hydrogen) atoms. The molecule has 0 radical (unpaired) electrons. The van der Waals surface area contributed by atoms with Crippen LogP contribution < -0.4 is 4.90 Å². The van der Waals surface area contributed by atoms with Crippen LogP contribution in [0.2, 0.25) is 0 Å². The third-order valence-electron chi connectivity index (χ3n) is 6.09. The SMILES string of the molecule is Cc1ccc([C@@H]2CCON2C(=O)[C@H]2CCN(c3ncc(C)c(C(=O)F)n3)C[C@@H]2C)cn1. The molecule has 0 spiro atoms. The Morgan fingerprint density at radius 2 is 1.97 bits per heavy atom. The summed E-state index contributed by atoms with van der Waals surface area (Å²) in [6.07, 6.45) is 4.59. The number of hydrogen-bond acceptors (Lipinski definition) is 7. The summed E-state index contributed by atoms with van der Waals surface area (Å²) in [5.74, 6) is 0.0877. The Labute approximate surface area is 180 Å². The van der Waals surface area contributed by atoms with E-state index in [4.69, 9.17) is 4.84 Å². The van der Waals surface area contributed by atoms with Gasteiger partial charge in [-0.15, -0.1) is 0 Å². The van der Waals surface area contributed by atoms with E-state index >= 15 is 0 Å². The largest absolute Gasteiger partial charge is 0.350 e. The highest BCUT2D eigenvalue weighted by molar-refractivity contribution is 5.88. The summed E-state index contributed by atoms with van der Waals surface area (Å²) in [6, 6.07) is 2.23. The molecule has 164 valence electrons. The van der Waals surface area contributed by atoms with Gasteiger partial charge in [0.05, 0.1) is 12.6 Å². The number of pyridine rings is 1. The van der Waals surface area contributed by atoms with E-state index in [-0.39, 0.29) is 29.5 Å². The average molecular weight is 427 g/mol. The summed E-state index contributed by atoms with van der Waals surface area (Å²) in [4.78, 5) is 44.8. The molecule has 0 saturated carbocycles. The van der Waals surface area contributed by atoms with E-state index < -0.39 is 6.04 Å². The molecule has 0 bridgehead atoms. The lowest BCUT2D eigenvalue weighted by Gasteiger charge is -2.38. The fourth-order valence-corrected chi connectivity index (χ4v) is 4.31. The number of halogens is 1. The van der Waals surface area contributed by atoms with E-state index in [0.29, 0.717) is 37.6 Å². The van der Waals surface area contributed by atoms with Gasteiger partial charge in [0, 0.05) is 43.5 Å². The second-order valence-electron chi connectivity index (χ2n) is 8.33. The van der Waals surface area contributed by atoms with Crippen molar-refractivity contribution >= 4 is 17.9 Å². The first-order chi connectivity index (χ1) is 14.8. The van der Waals surface area contributed by atoms with Gasteiger partial charge in [-0.3, -0.25) is 19.4 Å². The Hall–Kier alpha value is -2.94. The zero-order valence-electron chi connectivity index (χ0n) is 17.9. The lowest BCUT2D eigenvalue weighted by Crippen LogP contribution is -2.47. The molecule has 2 aromatic rings. The molecular formula is C22H26FN5O3. The first-order valence-electron chi connectivity index (χ1n) is 10.5. The van der Waals surface area contributed by atoms with Crippen molar-refractivity contribution in [3.05, 3.63) is 47.0 Å². The molecule has 1 amide bonds. The summed E-state index contributed by atoms with van der Waals surface area (Å²) in [6.45, 7) is 7.09. The number of carbonyl (C=O) groups excluding carboxylic acids is 2. The summed E-state index contributed by atoms with van der Waals surface area (Å²) in [5.41, 5.74) is 2.09. The molecule has 0 unspecified atom stereocenters. The highest BCUT2D eigenvalue weighted by Gasteiger charge is 2.40. The van der Waals surface area contributed by atoms with Crippen molar-refractivity contribution in [1.82, 2.24) is 20.0 Å². The molecule has 0 aliphatic carbocycles. The van der Waals surface area contributed by atoms with Crippen LogP contribution in [0.1, 0.15) is 53.1 Å². The third kappa shape index (κ3) is 4.27. The fraction of sp³-hybridized carbons (Fsp3) is 0.500. The van der Waals surface area contributed by atoms with E-state index in [0.717, 1.165) is 17.7 Å². The van der Waals surface area contributed by atoms with E-state index in [1.54, 1.807) is 13.1 Å². The van der Waals surface area contributed by atoms with Crippen LogP contribution in [0, 0.1) is 25.7 Å². The number of anilines is 1. The number of piperidine rings is 1. The molecule has 2 saturated heterocycles. The Morgan fingerprint density at radius 1 is 1.16 bits per heavy atom. The van der Waals surface area contributed by atoms with E-state index in [2.05, 4.69) is 15.0 Å². The van der Waals surface area contributed by atoms with Crippen LogP contribution in [0.15, 0.2) is 24.5 Å². The van der Waals surface area contributed by atoms with Gasteiger partial charge in [-0.05, 0) is 43.4 Å². The van der Waals surface area contributed by atoms with Gasteiger partial charge in [-0.1, -0.05) is 13.0 Å². The molecule has 9 heteroatoms. The molecule has 8 nitrogen and oxygen atoms in total. The lowest BCUT2D eigenvalue weighted by atomic mass is 9.85. The number of nitrogens with zero attached hydrogens (tertiary/aromatic N) is 5. The van der Waals surface area contributed by atoms with Crippen LogP contribution in [-0.4, -0.2) is 51.7 Å². The van der Waals surface area contributed by atoms with Crippen LogP contribution in [0.3, 0.4) is 0 Å². The summed E-state index contributed by atoms with van der Waals surface area (Å²) >= 11 is 0. The zero-order valence-corrected chi connectivity index (χ0v) is 17.9. The smallest absolute Gasteiger partial charge is 0.340 e. The van der Waals surface area contributed by atoms with Crippen molar-refractivity contribution in [3.63, 3.8) is 0 Å². The van der Waals surface area contributed by atoms with Crippen LogP contribution in [0.4, 0.5) is 10.3 Å². The van der Waals surface area contributed by atoms with Gasteiger partial charge < -0.3 is 4.90 Å². The Balaban J connectivity index is 1.46. The van der Waals surface area contributed by atoms with Gasteiger partial charge in [0.2, 0.25) is 11.9 Å². The molecule has 0 aromatic carbocycles. The molecule has 3 atom stereocenters. The van der Waals surface area contributed by atoms with Gasteiger partial charge in [0.15, 0.2) is 0 Å². The Morgan fingerprint density at radius 3 is 2.65 bits per heavy atom. The third-order valence-corrected chi connectivity index (χ3v) is 6.09. The summed E-state index contributed by atoms with van der Waals surface area (Å²) < 4.78 is 13.2. The zero-order chi connectivity index (χ0) is 22.1. The number of carbonyl (C=O) groups is 2. The summed E-state index contributed by atoms with van der Waals surface area (Å²) in [5, 5.41) is 1.52. The van der Waals surface area contributed by atoms with Gasteiger partial charge in [-0.25, -0.2) is 15.0 Å². The standard InChI is InChI=1S/C22H26FN5O3/c1-13-10-25-22(26-19(13)20(23)29)27-8-6-17(14(2)12-27)21(30)28-18(7-9-31-28)16-5-4-15(3)24-11-16/h4-5,10-11,14,17-18H,6-9,12H2,1-3H3/t14-,17-,18-/m0/s1. The molecular weight excluding hydrogens is 401 g/mol. The van der Waals surface area contributed by atoms with E-state index in [9.17, 15) is 14.0 Å². The van der Waals surface area contributed by atoms with Gasteiger partial charge in [0.1, 0.15) is 5.69 Å². The molecule has 2 aromatic heterocycles. The van der Waals surface area contributed by atoms with Crippen molar-refractivity contribution in [2.75, 3.05) is 24.6 Å². The lowest BCUT2D eigenvalue weighted by molar-refractivity contribution is -0.184. The molecule has 4 rings (SSSR count). The van der Waals surface area contributed by atoms with Crippen LogP contribution in [0.25, 0.3) is 0 Å². The van der Waals surface area contributed by atoms with Crippen molar-refractivity contribution in [2.45, 2.75) is 39.7 Å². The number of hydroxylamine groups is 2. The topological polar surface area (TPSA) is 88.5 Å². The number of aryl methyl sites for hydroxylation is 2. The monoisotopic (exact) mass is 427 g/mol. The quantitative estimate of drug-likeness (QED) is 0.693. The highest BCUT2D eigenvalue weighted by atomic mass is 19.1. The Kier molecular flexibility index (Phi) is 5.95. The van der Waals surface area contributed by atoms with Crippen molar-refractivity contribution in [3.8, 4) is 0 Å². The minimum Gasteiger partial charge on any atom is -0.340 e. The van der Waals surface area contributed by atoms with Crippen molar-refractivity contribution in [1.29, 1.82) is 0 Å². The number of hydrogen-bond donors (Lipinski definition) is 0. The second-order valence-corrected chi connectivity index (χ2v) is 8.33. The number of aromatic nitrogens is 3. The van der Waals surface area contributed by atoms with E-state index in [1.165, 1.54) is 11.3 Å². The number of rotatable bonds is 4. The van der Waals surface area contributed by atoms with Crippen molar-refractivity contribution < 1.29 is 18.8 Å². The minimum atomic E-state index is -1.57. The Bertz CT molecular complexity index is 984. The maximum Gasteiger partial charge on any atom is 0.350 e. The first kappa shape index (κ1) is 21.3. The molecule has 0 N–H and O–H groups in total. The van der Waals surface area contributed by atoms with Crippen LogP contribution in [0.5, 0.6) is 0 Å². The molecule has 2 aliphatic rings. The molecule has 4 heterocycles. The van der Waals surface area contributed by atoms with Gasteiger partial charge in [0.25, 0.3) is 0 Å². The summed E-state index contributed by atoms with van der Waals surface area (Å²) in [7, 11) is 0. The fourth-order valence-electron chi connectivity index (χ4n) is 4.31. The first-order valence-corrected chi connectivity index (χ1v) is 10.5. The maximum absolute atomic E-state index is 13.3. The van der Waals surface area contributed by atoms with Gasteiger partial charge >= 0.3 is 6.04 Å². The van der Waals surface area contributed by atoms with Gasteiger partial charge in [-0.2, -0.15) is 4.39 Å². The maximum atomic E-state index is 13.3. The van der Waals surface area contributed by atoms with Crippen LogP contribution >= 0.6 is 0 Å². The van der Waals surface area contributed by atoms with Crippen molar-refractivity contribution in [2.24, 2.45) is 11.8 Å². The number of amides is 1. The molecule has 2 fully saturated rings. The normalized spacial score (nSPS) is 23.8. The second kappa shape index (κ2) is 8.66. The average Bonchev–Trinajstić information content (AvgIpc) is 3.24. The van der Waals surface area contributed by atoms with E-state index in [1.807, 2.05) is 30.9 Å². The predicted octanol–water partition coefficient (Wildman–Crippen LogP) is 2.97. The highest BCUT2D eigenvalue weighted by Crippen LogP contribution is 2.35. The predicted molar refractivity (Wildman–Crippen MR) is 111 cm³/mol.